The van der Waals surface area contributed by atoms with Crippen LogP contribution >= 0.6 is 11.6 Å². The summed E-state index contributed by atoms with van der Waals surface area (Å²) in [6.45, 7) is 3.87. The number of nitrogens with zero attached hydrogens (tertiary/aromatic N) is 3. The number of aromatic nitrogens is 3. The summed E-state index contributed by atoms with van der Waals surface area (Å²) in [5.74, 6) is 0.336. The largest absolute Gasteiger partial charge is 0.478 e. The summed E-state index contributed by atoms with van der Waals surface area (Å²) in [5.41, 5.74) is -0.108. The lowest BCUT2D eigenvalue weighted by atomic mass is 10.0. The molecule has 0 aliphatic heterocycles. The molecule has 1 aromatic heterocycles. The lowest BCUT2D eigenvalue weighted by Crippen LogP contribution is -2.48. The molecule has 3 aromatic rings. The summed E-state index contributed by atoms with van der Waals surface area (Å²) < 4.78 is 5.88. The molecule has 2 aromatic carbocycles. The Morgan fingerprint density at radius 2 is 1.74 bits per heavy atom. The lowest BCUT2D eigenvalue weighted by molar-refractivity contribution is -0.135. The zero-order valence-corrected chi connectivity index (χ0v) is 15.9. The summed E-state index contributed by atoms with van der Waals surface area (Å²) in [6.07, 6.45) is 3.22. The molecule has 1 N–H and O–H groups in total. The Morgan fingerprint density at radius 3 is 2.37 bits per heavy atom. The third-order valence-electron chi connectivity index (χ3n) is 4.05. The average Bonchev–Trinajstić information content (AvgIpc) is 3.17. The van der Waals surface area contributed by atoms with Gasteiger partial charge in [0.2, 0.25) is 0 Å². The third kappa shape index (κ3) is 5.08. The number of hydrogen-bond donors (Lipinski definition) is 1. The zero-order chi connectivity index (χ0) is 19.3. The fourth-order valence-corrected chi connectivity index (χ4v) is 2.72. The first-order valence-corrected chi connectivity index (χ1v) is 8.96. The van der Waals surface area contributed by atoms with Gasteiger partial charge >= 0.3 is 0 Å². The van der Waals surface area contributed by atoms with Gasteiger partial charge in [0.25, 0.3) is 5.91 Å². The number of nitrogens with one attached hydrogen (secondary N) is 1. The minimum atomic E-state index is -1.07. The molecular formula is C20H21ClN4O2. The summed E-state index contributed by atoms with van der Waals surface area (Å²) in [4.78, 5) is 14.5. The maximum Gasteiger partial charge on any atom is 0.264 e. The first-order chi connectivity index (χ1) is 12.9. The Hall–Kier alpha value is -2.86. The van der Waals surface area contributed by atoms with E-state index in [1.165, 1.54) is 0 Å². The van der Waals surface area contributed by atoms with Crippen molar-refractivity contribution in [3.8, 4) is 5.75 Å². The van der Waals surface area contributed by atoms with E-state index in [9.17, 15) is 4.79 Å². The molecule has 0 spiro atoms. The van der Waals surface area contributed by atoms with E-state index in [4.69, 9.17) is 16.3 Å². The number of halogens is 1. The van der Waals surface area contributed by atoms with Gasteiger partial charge < -0.3 is 10.1 Å². The van der Waals surface area contributed by atoms with Crippen LogP contribution in [0.5, 0.6) is 5.75 Å². The van der Waals surface area contributed by atoms with Crippen LogP contribution in [0, 0.1) is 0 Å². The van der Waals surface area contributed by atoms with Crippen LogP contribution in [0.4, 0.5) is 0 Å². The van der Waals surface area contributed by atoms with Crippen molar-refractivity contribution in [1.82, 2.24) is 20.3 Å². The van der Waals surface area contributed by atoms with Crippen molar-refractivity contribution in [3.63, 3.8) is 0 Å². The molecular weight excluding hydrogens is 364 g/mol. The minimum Gasteiger partial charge on any atom is -0.478 e. The number of hydrogen-bond acceptors (Lipinski definition) is 4. The predicted molar refractivity (Wildman–Crippen MR) is 104 cm³/mol. The molecule has 0 aliphatic carbocycles. The summed E-state index contributed by atoms with van der Waals surface area (Å²) in [7, 11) is 0. The SMILES string of the molecule is CC(C)(Oc1ccc(Cl)cc1)C(=O)NC(Cn1nccn1)c1ccccc1. The first kappa shape index (κ1) is 18.9. The van der Waals surface area contributed by atoms with Gasteiger partial charge in [0.1, 0.15) is 5.75 Å². The van der Waals surface area contributed by atoms with Gasteiger partial charge in [0.05, 0.1) is 25.0 Å². The van der Waals surface area contributed by atoms with Crippen molar-refractivity contribution in [2.75, 3.05) is 0 Å². The average molecular weight is 385 g/mol. The maximum atomic E-state index is 12.9. The second-order valence-corrected chi connectivity index (χ2v) is 7.02. The Kier molecular flexibility index (Phi) is 5.76. The number of ether oxygens (including phenoxy) is 1. The van der Waals surface area contributed by atoms with Crippen molar-refractivity contribution in [2.24, 2.45) is 0 Å². The predicted octanol–water partition coefficient (Wildman–Crippen LogP) is 3.65. The summed E-state index contributed by atoms with van der Waals surface area (Å²) in [5, 5.41) is 11.9. The van der Waals surface area contributed by atoms with Crippen molar-refractivity contribution in [3.05, 3.63) is 77.6 Å². The Bertz CT molecular complexity index is 865. The van der Waals surface area contributed by atoms with E-state index < -0.39 is 5.60 Å². The van der Waals surface area contributed by atoms with E-state index in [1.807, 2.05) is 30.3 Å². The Balaban J connectivity index is 1.75. The molecule has 1 amide bonds. The normalized spacial score (nSPS) is 12.4. The van der Waals surface area contributed by atoms with Crippen LogP contribution in [0.15, 0.2) is 67.0 Å². The van der Waals surface area contributed by atoms with Crippen molar-refractivity contribution >= 4 is 17.5 Å². The topological polar surface area (TPSA) is 69.0 Å². The second-order valence-electron chi connectivity index (χ2n) is 6.59. The number of carbonyl (C=O) groups excluding carboxylic acids is 1. The molecule has 140 valence electrons. The third-order valence-corrected chi connectivity index (χ3v) is 4.31. The van der Waals surface area contributed by atoms with Gasteiger partial charge in [-0.05, 0) is 43.7 Å². The highest BCUT2D eigenvalue weighted by Crippen LogP contribution is 2.22. The molecule has 1 unspecified atom stereocenters. The van der Waals surface area contributed by atoms with Gasteiger partial charge in [-0.1, -0.05) is 41.9 Å². The highest BCUT2D eigenvalue weighted by molar-refractivity contribution is 6.30. The molecule has 0 fully saturated rings. The highest BCUT2D eigenvalue weighted by Gasteiger charge is 2.32. The molecule has 0 saturated heterocycles. The van der Waals surface area contributed by atoms with Crippen LogP contribution in [-0.4, -0.2) is 26.5 Å². The smallest absolute Gasteiger partial charge is 0.264 e. The number of rotatable bonds is 7. The van der Waals surface area contributed by atoms with Gasteiger partial charge in [-0.15, -0.1) is 0 Å². The molecule has 3 rings (SSSR count). The van der Waals surface area contributed by atoms with E-state index in [0.717, 1.165) is 5.56 Å². The van der Waals surface area contributed by atoms with Crippen molar-refractivity contribution < 1.29 is 9.53 Å². The molecule has 7 heteroatoms. The van der Waals surface area contributed by atoms with Crippen molar-refractivity contribution in [1.29, 1.82) is 0 Å². The van der Waals surface area contributed by atoms with Crippen molar-refractivity contribution in [2.45, 2.75) is 32.0 Å². The molecule has 1 heterocycles. The highest BCUT2D eigenvalue weighted by atomic mass is 35.5. The van der Waals surface area contributed by atoms with E-state index in [0.29, 0.717) is 17.3 Å². The first-order valence-electron chi connectivity index (χ1n) is 8.58. The van der Waals surface area contributed by atoms with Gasteiger partial charge in [-0.25, -0.2) is 0 Å². The lowest BCUT2D eigenvalue weighted by Gasteiger charge is -2.28. The molecule has 6 nitrogen and oxygen atoms in total. The fraction of sp³-hybridized carbons (Fsp3) is 0.250. The van der Waals surface area contributed by atoms with Crippen LogP contribution in [-0.2, 0) is 11.3 Å². The van der Waals surface area contributed by atoms with Crippen LogP contribution < -0.4 is 10.1 Å². The summed E-state index contributed by atoms with van der Waals surface area (Å²) in [6, 6.07) is 16.3. The molecule has 1 atom stereocenters. The molecule has 0 aliphatic rings. The standard InChI is InChI=1S/C20H21ClN4O2/c1-20(2,27-17-10-8-16(21)9-11-17)19(26)24-18(14-25-22-12-13-23-25)15-6-4-3-5-7-15/h3-13,18H,14H2,1-2H3,(H,24,26). The monoisotopic (exact) mass is 384 g/mol. The van der Waals surface area contributed by atoms with Crippen LogP contribution in [0.25, 0.3) is 0 Å². The number of carbonyl (C=O) groups is 1. The van der Waals surface area contributed by atoms with E-state index in [1.54, 1.807) is 55.3 Å². The van der Waals surface area contributed by atoms with Gasteiger partial charge in [0, 0.05) is 5.02 Å². The van der Waals surface area contributed by atoms with Crippen LogP contribution in [0.1, 0.15) is 25.5 Å². The summed E-state index contributed by atoms with van der Waals surface area (Å²) >= 11 is 5.90. The number of benzene rings is 2. The van der Waals surface area contributed by atoms with E-state index >= 15 is 0 Å². The molecule has 0 bridgehead atoms. The quantitative estimate of drug-likeness (QED) is 0.675. The zero-order valence-electron chi connectivity index (χ0n) is 15.2. The van der Waals surface area contributed by atoms with Crippen LogP contribution in [0.3, 0.4) is 0 Å². The Labute approximate surface area is 163 Å². The molecule has 0 radical (unpaired) electrons. The maximum absolute atomic E-state index is 12.9. The second kappa shape index (κ2) is 8.22. The fourth-order valence-electron chi connectivity index (χ4n) is 2.60. The van der Waals surface area contributed by atoms with E-state index in [-0.39, 0.29) is 11.9 Å². The van der Waals surface area contributed by atoms with E-state index in [2.05, 4.69) is 15.5 Å². The van der Waals surface area contributed by atoms with Gasteiger partial charge in [0.15, 0.2) is 5.60 Å². The van der Waals surface area contributed by atoms with Gasteiger partial charge in [-0.3, -0.25) is 4.79 Å². The van der Waals surface area contributed by atoms with Gasteiger partial charge in [-0.2, -0.15) is 15.0 Å². The minimum absolute atomic E-state index is 0.238. The molecule has 0 saturated carbocycles. The number of amides is 1. The Morgan fingerprint density at radius 1 is 1.11 bits per heavy atom. The molecule has 27 heavy (non-hydrogen) atoms. The van der Waals surface area contributed by atoms with Crippen LogP contribution in [0.2, 0.25) is 5.02 Å².